The lowest BCUT2D eigenvalue weighted by atomic mass is 9.44. The molecule has 0 bridgehead atoms. The molecule has 3 N–H and O–H groups in total. The molecule has 5 atom stereocenters. The summed E-state index contributed by atoms with van der Waals surface area (Å²) in [6.45, 7) is 8.38. The van der Waals surface area contributed by atoms with Crippen LogP contribution in [0, 0.1) is 22.7 Å². The van der Waals surface area contributed by atoms with Gasteiger partial charge >= 0.3 is 11.9 Å². The molecule has 9 nitrogen and oxygen atoms in total. The van der Waals surface area contributed by atoms with E-state index in [0.29, 0.717) is 36.1 Å². The van der Waals surface area contributed by atoms with Gasteiger partial charge in [-0.25, -0.2) is 4.79 Å². The number of hydrogen-bond donors (Lipinski definition) is 3. The summed E-state index contributed by atoms with van der Waals surface area (Å²) in [5.74, 6) is -2.07. The van der Waals surface area contributed by atoms with Crippen molar-refractivity contribution in [3.05, 3.63) is 22.8 Å². The SMILES string of the molecule is C[C@@H]1CC[C@H]2C(C)(C)C(=O)CC[C@]2(C)[C@]12Cc1c(O)cc3c(c1O2)CN([C@@H](CCC(=O)O)C(=O)O)C3=O. The molecule has 0 unspecified atom stereocenters. The highest BCUT2D eigenvalue weighted by Gasteiger charge is 2.67. The van der Waals surface area contributed by atoms with Crippen molar-refractivity contribution in [2.24, 2.45) is 22.7 Å². The fraction of sp³-hybridized carbons (Fsp3) is 0.643. The Morgan fingerprint density at radius 2 is 1.86 bits per heavy atom. The second-order valence-electron chi connectivity index (χ2n) is 12.2. The Kier molecular flexibility index (Phi) is 5.66. The zero-order chi connectivity index (χ0) is 27.1. The molecule has 4 aliphatic rings. The van der Waals surface area contributed by atoms with Gasteiger partial charge in [0.25, 0.3) is 5.91 Å². The van der Waals surface area contributed by atoms with Crippen molar-refractivity contribution in [2.75, 3.05) is 0 Å². The second-order valence-corrected chi connectivity index (χ2v) is 12.2. The first-order valence-electron chi connectivity index (χ1n) is 13.1. The summed E-state index contributed by atoms with van der Waals surface area (Å²) in [6.07, 6.45) is 2.79. The molecule has 2 fully saturated rings. The fourth-order valence-electron chi connectivity index (χ4n) is 8.03. The molecule has 200 valence electrons. The van der Waals surface area contributed by atoms with Crippen molar-refractivity contribution in [2.45, 2.75) is 90.8 Å². The fourth-order valence-corrected chi connectivity index (χ4v) is 8.03. The number of carbonyl (C=O) groups excluding carboxylic acids is 2. The van der Waals surface area contributed by atoms with E-state index in [2.05, 4.69) is 13.8 Å². The average molecular weight is 514 g/mol. The number of amides is 1. The van der Waals surface area contributed by atoms with Crippen LogP contribution < -0.4 is 4.74 Å². The summed E-state index contributed by atoms with van der Waals surface area (Å²) in [6, 6.07) is 0.0983. The molecule has 2 aliphatic heterocycles. The van der Waals surface area contributed by atoms with Crippen LogP contribution >= 0.6 is 0 Å². The number of rotatable bonds is 5. The lowest BCUT2D eigenvalue weighted by molar-refractivity contribution is -0.188. The highest BCUT2D eigenvalue weighted by molar-refractivity contribution is 6.02. The number of hydrogen-bond acceptors (Lipinski definition) is 6. The Bertz CT molecular complexity index is 1220. The van der Waals surface area contributed by atoms with Crippen molar-refractivity contribution >= 4 is 23.6 Å². The summed E-state index contributed by atoms with van der Waals surface area (Å²) in [5.41, 5.74) is -0.148. The molecule has 5 rings (SSSR count). The van der Waals surface area contributed by atoms with Crippen molar-refractivity contribution in [3.63, 3.8) is 0 Å². The molecule has 0 aromatic heterocycles. The molecule has 2 heterocycles. The maximum Gasteiger partial charge on any atom is 0.326 e. The molecule has 1 aromatic rings. The number of benzene rings is 1. The van der Waals surface area contributed by atoms with Crippen LogP contribution in [0.15, 0.2) is 6.07 Å². The van der Waals surface area contributed by atoms with Gasteiger partial charge in [-0.2, -0.15) is 0 Å². The Morgan fingerprint density at radius 3 is 2.51 bits per heavy atom. The molecule has 0 saturated heterocycles. The number of aromatic hydroxyl groups is 1. The van der Waals surface area contributed by atoms with Gasteiger partial charge in [0, 0.05) is 41.2 Å². The second kappa shape index (κ2) is 8.20. The minimum absolute atomic E-state index is 0.0258. The maximum atomic E-state index is 13.3. The number of nitrogens with zero attached hydrogens (tertiary/aromatic N) is 1. The molecule has 1 spiro atoms. The predicted molar refractivity (Wildman–Crippen MR) is 131 cm³/mol. The van der Waals surface area contributed by atoms with Crippen LogP contribution in [-0.2, 0) is 27.3 Å². The van der Waals surface area contributed by atoms with Gasteiger partial charge in [0.15, 0.2) is 0 Å². The first-order chi connectivity index (χ1) is 17.2. The average Bonchev–Trinajstić information content (AvgIpc) is 3.36. The van der Waals surface area contributed by atoms with Crippen LogP contribution in [0.5, 0.6) is 11.5 Å². The summed E-state index contributed by atoms with van der Waals surface area (Å²) in [5, 5.41) is 29.9. The zero-order valence-corrected chi connectivity index (χ0v) is 21.8. The zero-order valence-electron chi connectivity index (χ0n) is 21.8. The summed E-state index contributed by atoms with van der Waals surface area (Å²) in [7, 11) is 0. The Morgan fingerprint density at radius 1 is 1.16 bits per heavy atom. The Balaban J connectivity index is 1.55. The highest BCUT2D eigenvalue weighted by atomic mass is 16.5. The number of phenolic OH excluding ortho intramolecular Hbond substituents is 1. The van der Waals surface area contributed by atoms with Crippen LogP contribution in [0.4, 0.5) is 0 Å². The van der Waals surface area contributed by atoms with Crippen molar-refractivity contribution < 1.29 is 39.2 Å². The normalized spacial score (nSPS) is 32.5. The van der Waals surface area contributed by atoms with E-state index in [1.807, 2.05) is 13.8 Å². The number of fused-ring (bicyclic) bond motifs is 5. The molecule has 37 heavy (non-hydrogen) atoms. The van der Waals surface area contributed by atoms with Gasteiger partial charge in [0.1, 0.15) is 28.9 Å². The van der Waals surface area contributed by atoms with E-state index >= 15 is 0 Å². The number of ketones is 1. The molecule has 1 amide bonds. The number of ether oxygens (including phenoxy) is 1. The van der Waals surface area contributed by atoms with Crippen LogP contribution in [0.25, 0.3) is 0 Å². The number of carbonyl (C=O) groups is 4. The monoisotopic (exact) mass is 513 g/mol. The van der Waals surface area contributed by atoms with E-state index in [1.54, 1.807) is 0 Å². The van der Waals surface area contributed by atoms with Crippen molar-refractivity contribution in [3.8, 4) is 11.5 Å². The number of carboxylic acids is 2. The molecule has 2 aliphatic carbocycles. The molecule has 1 aromatic carbocycles. The lowest BCUT2D eigenvalue weighted by Gasteiger charge is -2.62. The Labute approximate surface area is 215 Å². The third-order valence-electron chi connectivity index (χ3n) is 10.2. The number of phenols is 1. The molecule has 9 heteroatoms. The van der Waals surface area contributed by atoms with Gasteiger partial charge in [0.05, 0.1) is 12.1 Å². The summed E-state index contributed by atoms with van der Waals surface area (Å²) >= 11 is 0. The van der Waals surface area contributed by atoms with Gasteiger partial charge in [0.2, 0.25) is 0 Å². The van der Waals surface area contributed by atoms with E-state index < -0.39 is 34.9 Å². The number of aliphatic carboxylic acids is 2. The molecule has 0 radical (unpaired) electrons. The van der Waals surface area contributed by atoms with Crippen LogP contribution in [0.1, 0.15) is 87.7 Å². The molecular weight excluding hydrogens is 478 g/mol. The van der Waals surface area contributed by atoms with Crippen LogP contribution in [0.2, 0.25) is 0 Å². The highest BCUT2D eigenvalue weighted by Crippen LogP contribution is 2.66. The summed E-state index contributed by atoms with van der Waals surface area (Å²) in [4.78, 5) is 50.4. The number of carboxylic acid groups (broad SMARTS) is 2. The van der Waals surface area contributed by atoms with Gasteiger partial charge < -0.3 is 25.0 Å². The van der Waals surface area contributed by atoms with Crippen LogP contribution in [-0.4, -0.2) is 55.5 Å². The van der Waals surface area contributed by atoms with E-state index in [9.17, 15) is 29.4 Å². The van der Waals surface area contributed by atoms with Gasteiger partial charge in [-0.15, -0.1) is 0 Å². The minimum atomic E-state index is -1.30. The topological polar surface area (TPSA) is 141 Å². The predicted octanol–water partition coefficient (Wildman–Crippen LogP) is 3.78. The minimum Gasteiger partial charge on any atom is -0.508 e. The van der Waals surface area contributed by atoms with E-state index in [1.165, 1.54) is 11.0 Å². The molecule has 2 saturated carbocycles. The van der Waals surface area contributed by atoms with Crippen LogP contribution in [0.3, 0.4) is 0 Å². The van der Waals surface area contributed by atoms with E-state index in [4.69, 9.17) is 9.84 Å². The van der Waals surface area contributed by atoms with Gasteiger partial charge in [-0.05, 0) is 43.6 Å². The number of Topliss-reactive ketones (excluding diaryl/α,β-unsaturated/α-hetero) is 1. The standard InChI is InChI=1S/C28H35NO8/c1-14-5-7-20-26(2,3)21(31)9-10-27(20,4)28(14)12-16-19(30)11-15-17(23(16)37-28)13-29(24(15)34)18(25(35)36)6-8-22(32)33/h11,14,18,20,30H,5-10,12-13H2,1-4H3,(H,32,33)(H,35,36)/t14-,18+,20+,27+,28+/m1/s1. The largest absolute Gasteiger partial charge is 0.508 e. The lowest BCUT2D eigenvalue weighted by Crippen LogP contribution is -2.66. The van der Waals surface area contributed by atoms with E-state index in [-0.39, 0.29) is 53.7 Å². The van der Waals surface area contributed by atoms with Gasteiger partial charge in [-0.3, -0.25) is 14.4 Å². The quantitative estimate of drug-likeness (QED) is 0.540. The third kappa shape index (κ3) is 3.42. The first-order valence-corrected chi connectivity index (χ1v) is 13.1. The summed E-state index contributed by atoms with van der Waals surface area (Å²) < 4.78 is 6.92. The molecular formula is C28H35NO8. The first kappa shape index (κ1) is 25.5. The Hall–Kier alpha value is -3.10. The van der Waals surface area contributed by atoms with Gasteiger partial charge in [-0.1, -0.05) is 27.7 Å². The van der Waals surface area contributed by atoms with E-state index in [0.717, 1.165) is 12.8 Å². The maximum absolute atomic E-state index is 13.3. The van der Waals surface area contributed by atoms with Crippen molar-refractivity contribution in [1.82, 2.24) is 4.90 Å². The van der Waals surface area contributed by atoms with Crippen molar-refractivity contribution in [1.29, 1.82) is 0 Å². The smallest absolute Gasteiger partial charge is 0.326 e. The third-order valence-corrected chi connectivity index (χ3v) is 10.2.